The van der Waals surface area contributed by atoms with E-state index in [4.69, 9.17) is 0 Å². The molecule has 0 atom stereocenters. The van der Waals surface area contributed by atoms with E-state index in [2.05, 4.69) is 116 Å². The van der Waals surface area contributed by atoms with Gasteiger partial charge in [-0.05, 0) is 72.0 Å². The van der Waals surface area contributed by atoms with Gasteiger partial charge in [0.05, 0.1) is 0 Å². The van der Waals surface area contributed by atoms with Gasteiger partial charge in [-0.3, -0.25) is 0 Å². The first-order chi connectivity index (χ1) is 14.5. The molecule has 0 radical (unpaired) electrons. The molecule has 0 bridgehead atoms. The van der Waals surface area contributed by atoms with Gasteiger partial charge in [0.1, 0.15) is 0 Å². The average Bonchev–Trinajstić information content (AvgIpc) is 3.11. The highest BCUT2D eigenvalue weighted by Gasteiger charge is 2.35. The van der Waals surface area contributed by atoms with E-state index in [0.717, 1.165) is 12.6 Å². The Bertz CT molecular complexity index is 907. The molecule has 0 amide bonds. The summed E-state index contributed by atoms with van der Waals surface area (Å²) in [5.74, 6) is 0. The van der Waals surface area contributed by atoms with Crippen LogP contribution in [0.1, 0.15) is 59.1 Å². The van der Waals surface area contributed by atoms with Crippen molar-refractivity contribution in [3.8, 4) is 0 Å². The van der Waals surface area contributed by atoms with Gasteiger partial charge in [-0.1, -0.05) is 116 Å². The summed E-state index contributed by atoms with van der Waals surface area (Å²) in [7, 11) is -0.530. The molecule has 0 saturated heterocycles. The number of hydrogen-bond donors (Lipinski definition) is 0. The zero-order chi connectivity index (χ0) is 22.8. The van der Waals surface area contributed by atoms with E-state index >= 15 is 0 Å². The molecule has 0 unspecified atom stereocenters. The van der Waals surface area contributed by atoms with Crippen LogP contribution in [0.4, 0.5) is 0 Å². The molecule has 31 heavy (non-hydrogen) atoms. The Morgan fingerprint density at radius 2 is 1.19 bits per heavy atom. The van der Waals surface area contributed by atoms with Gasteiger partial charge < -0.3 is 0 Å². The van der Waals surface area contributed by atoms with Crippen molar-refractivity contribution in [2.45, 2.75) is 72.1 Å². The summed E-state index contributed by atoms with van der Waals surface area (Å²) in [5.41, 5.74) is 6.16. The van der Waals surface area contributed by atoms with Gasteiger partial charge in [-0.15, -0.1) is 0 Å². The van der Waals surface area contributed by atoms with Crippen molar-refractivity contribution in [1.82, 2.24) is 0 Å². The fourth-order valence-corrected chi connectivity index (χ4v) is 11.3. The minimum atomic E-state index is -0.413. The summed E-state index contributed by atoms with van der Waals surface area (Å²) in [6.45, 7) is 19.2. The minimum absolute atomic E-state index is 0.117. The van der Waals surface area contributed by atoms with Crippen LogP contribution in [0.25, 0.3) is 0 Å². The zero-order valence-corrected chi connectivity index (χ0v) is 22.6. The third-order valence-electron chi connectivity index (χ3n) is 6.25. The molecule has 0 nitrogen and oxygen atoms in total. The molecule has 3 rings (SSSR count). The lowest BCUT2D eigenvalue weighted by Crippen LogP contribution is -2.27. The lowest BCUT2D eigenvalue weighted by Gasteiger charge is -2.42. The van der Waals surface area contributed by atoms with Gasteiger partial charge in [-0.2, -0.15) is 0 Å². The predicted molar refractivity (Wildman–Crippen MR) is 145 cm³/mol. The van der Waals surface area contributed by atoms with Crippen LogP contribution >= 0.6 is 15.8 Å². The molecule has 2 aromatic carbocycles. The van der Waals surface area contributed by atoms with E-state index in [-0.39, 0.29) is 7.92 Å². The third kappa shape index (κ3) is 5.97. The first-order valence-corrected chi connectivity index (χ1v) is 14.6. The van der Waals surface area contributed by atoms with Crippen LogP contribution in [-0.4, -0.2) is 22.6 Å². The predicted octanol–water partition coefficient (Wildman–Crippen LogP) is 8.07. The second kappa shape index (κ2) is 9.73. The van der Waals surface area contributed by atoms with Gasteiger partial charge in [0, 0.05) is 6.16 Å². The molecule has 0 aliphatic heterocycles. The van der Waals surface area contributed by atoms with Crippen LogP contribution in [0, 0.1) is 13.8 Å². The lowest BCUT2D eigenvalue weighted by molar-refractivity contribution is 0.705. The normalized spacial score (nSPS) is 14.9. The van der Waals surface area contributed by atoms with Crippen LogP contribution in [0.15, 0.2) is 71.8 Å². The Kier molecular flexibility index (Phi) is 7.66. The number of rotatable bonds is 6. The molecular formula is C29H40P2. The van der Waals surface area contributed by atoms with Crippen LogP contribution in [0.5, 0.6) is 0 Å². The second-order valence-corrected chi connectivity index (χ2v) is 16.8. The van der Waals surface area contributed by atoms with Crippen molar-refractivity contribution in [1.29, 1.82) is 0 Å². The Hall–Kier alpha value is -1.22. The van der Waals surface area contributed by atoms with Gasteiger partial charge in [-0.25, -0.2) is 0 Å². The quantitative estimate of drug-likeness (QED) is 0.390. The Balaban J connectivity index is 2.01. The summed E-state index contributed by atoms with van der Waals surface area (Å²) < 4.78 is 0. The van der Waals surface area contributed by atoms with Gasteiger partial charge in [0.2, 0.25) is 0 Å². The maximum atomic E-state index is 2.44. The Labute approximate surface area is 193 Å². The zero-order valence-electron chi connectivity index (χ0n) is 20.8. The molecule has 0 fully saturated rings. The van der Waals surface area contributed by atoms with Crippen LogP contribution < -0.4 is 10.6 Å². The molecule has 2 heteroatoms. The molecule has 166 valence electrons. The van der Waals surface area contributed by atoms with Crippen LogP contribution in [0.2, 0.25) is 0 Å². The van der Waals surface area contributed by atoms with Gasteiger partial charge >= 0.3 is 0 Å². The minimum Gasteiger partial charge on any atom is -0.0915 e. The van der Waals surface area contributed by atoms with E-state index in [1.54, 1.807) is 11.1 Å². The maximum Gasteiger partial charge on any atom is 0.000731 e. The van der Waals surface area contributed by atoms with Crippen molar-refractivity contribution in [2.75, 3.05) is 12.3 Å². The van der Waals surface area contributed by atoms with E-state index in [1.165, 1.54) is 27.9 Å². The van der Waals surface area contributed by atoms with Crippen molar-refractivity contribution in [2.24, 2.45) is 0 Å². The fraction of sp³-hybridized carbons (Fsp3) is 0.448. The van der Waals surface area contributed by atoms with E-state index in [0.29, 0.717) is 10.3 Å². The van der Waals surface area contributed by atoms with E-state index in [9.17, 15) is 0 Å². The van der Waals surface area contributed by atoms with Crippen LogP contribution in [0.3, 0.4) is 0 Å². The first-order valence-electron chi connectivity index (χ1n) is 11.5. The molecular weight excluding hydrogens is 410 g/mol. The molecule has 1 aliphatic rings. The number of hydrogen-bond acceptors (Lipinski definition) is 0. The highest BCUT2D eigenvalue weighted by molar-refractivity contribution is 7.73. The lowest BCUT2D eigenvalue weighted by atomic mass is 10.2. The highest BCUT2D eigenvalue weighted by atomic mass is 31.1. The molecule has 0 saturated carbocycles. The smallest absolute Gasteiger partial charge is 0.000731 e. The first kappa shape index (κ1) is 24.4. The van der Waals surface area contributed by atoms with Crippen LogP contribution in [-0.2, 0) is 0 Å². The van der Waals surface area contributed by atoms with Crippen molar-refractivity contribution < 1.29 is 0 Å². The molecule has 0 aromatic heterocycles. The summed E-state index contributed by atoms with van der Waals surface area (Å²) >= 11 is 0. The molecule has 2 aromatic rings. The molecule has 1 aliphatic carbocycles. The number of allylic oxidation sites excluding steroid dienone is 4. The molecule has 0 N–H and O–H groups in total. The van der Waals surface area contributed by atoms with Crippen molar-refractivity contribution in [3.63, 3.8) is 0 Å². The summed E-state index contributed by atoms with van der Waals surface area (Å²) in [6.07, 6.45) is 8.43. The number of benzene rings is 2. The second-order valence-electron chi connectivity index (χ2n) is 10.8. The monoisotopic (exact) mass is 450 g/mol. The third-order valence-corrected chi connectivity index (χ3v) is 13.0. The summed E-state index contributed by atoms with van der Waals surface area (Å²) in [4.78, 5) is 0. The topological polar surface area (TPSA) is 0 Å². The largest absolute Gasteiger partial charge is 0.0915 e. The van der Waals surface area contributed by atoms with E-state index < -0.39 is 7.92 Å². The molecule has 0 spiro atoms. The molecule has 0 heterocycles. The Morgan fingerprint density at radius 1 is 0.710 bits per heavy atom. The summed E-state index contributed by atoms with van der Waals surface area (Å²) in [6, 6.07) is 18.1. The highest BCUT2D eigenvalue weighted by Crippen LogP contribution is 2.61. The van der Waals surface area contributed by atoms with Crippen molar-refractivity contribution >= 4 is 26.5 Å². The number of aryl methyl sites for hydroxylation is 2. The van der Waals surface area contributed by atoms with Gasteiger partial charge in [0.15, 0.2) is 0 Å². The SMILES string of the molecule is Cc1ccccc1P(CC1=C(CP(C(C)(C)C)C(C)(C)C)CC=C1)c1ccccc1C. The van der Waals surface area contributed by atoms with Gasteiger partial charge in [0.25, 0.3) is 0 Å². The van der Waals surface area contributed by atoms with Crippen molar-refractivity contribution in [3.05, 3.63) is 83.0 Å². The summed E-state index contributed by atoms with van der Waals surface area (Å²) in [5, 5.41) is 3.80. The Morgan fingerprint density at radius 3 is 1.65 bits per heavy atom. The standard InChI is InChI=1S/C29H40P2/c1-22-14-9-11-18-26(22)30(27-19-12-10-15-23(27)2)20-24-16-13-17-25(24)21-31(28(3,4)5)29(6,7)8/h9-16,18-19H,17,20-21H2,1-8H3. The maximum absolute atomic E-state index is 2.44. The fourth-order valence-electron chi connectivity index (χ4n) is 4.80. The van der Waals surface area contributed by atoms with E-state index in [1.807, 2.05) is 0 Å². The average molecular weight is 451 g/mol.